The van der Waals surface area contributed by atoms with Gasteiger partial charge in [0, 0.05) is 29.8 Å². The van der Waals surface area contributed by atoms with E-state index in [0.29, 0.717) is 5.56 Å². The Balaban J connectivity index is 1.62. The van der Waals surface area contributed by atoms with Gasteiger partial charge in [0.05, 0.1) is 17.2 Å². The first-order valence-electron chi connectivity index (χ1n) is 16.3. The Kier molecular flexibility index (Phi) is 5.77. The van der Waals surface area contributed by atoms with Gasteiger partial charge in [-0.2, -0.15) is 5.26 Å². The minimum Gasteiger partial charge on any atom is -0.454 e. The SMILES string of the molecule is [2H]C1(c2ccc(-c3c(C#N)ccc4c3oc3c(-c5cccc[n+]5C)c(C)ccc34)c3c2C(C)(C)C(C)(C)C3(C)C)CCCC1. The van der Waals surface area contributed by atoms with Crippen LogP contribution in [-0.2, 0) is 17.9 Å². The van der Waals surface area contributed by atoms with E-state index in [1.807, 2.05) is 12.1 Å². The standard InChI is InChI=1S/C40H43N2O/c1-24-16-18-28-29-19-17-26(23-41)33(37(29)43-36(28)32(24)31-15-11-12-22-42(31)8)30-21-20-27(25-13-9-10-14-25)34-35(30)39(4,5)40(6,7)38(34,2)3/h11-12,15-22,25H,9-10,13-14H2,1-8H3/q+1/i25D. The summed E-state index contributed by atoms with van der Waals surface area (Å²) in [6, 6.07) is 21.6. The highest BCUT2D eigenvalue weighted by molar-refractivity contribution is 6.14. The fourth-order valence-corrected chi connectivity index (χ4v) is 8.35. The monoisotopic (exact) mass is 568 g/mol. The van der Waals surface area contributed by atoms with Crippen LogP contribution in [0.25, 0.3) is 44.3 Å². The van der Waals surface area contributed by atoms with Crippen molar-refractivity contribution in [3.8, 4) is 28.5 Å². The van der Waals surface area contributed by atoms with E-state index in [-0.39, 0.29) is 16.2 Å². The molecule has 2 heterocycles. The van der Waals surface area contributed by atoms with Crippen LogP contribution in [-0.4, -0.2) is 0 Å². The smallest absolute Gasteiger partial charge is 0.216 e. The second-order valence-electron chi connectivity index (χ2n) is 14.5. The number of hydrogen-bond acceptors (Lipinski definition) is 2. The zero-order chi connectivity index (χ0) is 31.4. The average molecular weight is 569 g/mol. The van der Waals surface area contributed by atoms with Gasteiger partial charge in [0.15, 0.2) is 6.20 Å². The van der Waals surface area contributed by atoms with E-state index in [2.05, 4.69) is 115 Å². The molecule has 2 aliphatic carbocycles. The van der Waals surface area contributed by atoms with Crippen molar-refractivity contribution >= 4 is 21.9 Å². The van der Waals surface area contributed by atoms with Crippen molar-refractivity contribution in [3.05, 3.63) is 88.6 Å². The van der Waals surface area contributed by atoms with Crippen LogP contribution in [0, 0.1) is 23.7 Å². The lowest BCUT2D eigenvalue weighted by Gasteiger charge is -2.45. The van der Waals surface area contributed by atoms with E-state index in [4.69, 9.17) is 4.42 Å². The van der Waals surface area contributed by atoms with Crippen LogP contribution >= 0.6 is 0 Å². The molecule has 0 aliphatic heterocycles. The Morgan fingerprint density at radius 3 is 2.16 bits per heavy atom. The first-order valence-corrected chi connectivity index (χ1v) is 15.8. The maximum Gasteiger partial charge on any atom is 0.216 e. The number of aryl methyl sites for hydroxylation is 2. The molecule has 0 bridgehead atoms. The highest BCUT2D eigenvalue weighted by atomic mass is 16.3. The Morgan fingerprint density at radius 2 is 1.49 bits per heavy atom. The molecule has 1 fully saturated rings. The lowest BCUT2D eigenvalue weighted by atomic mass is 9.59. The summed E-state index contributed by atoms with van der Waals surface area (Å²) in [6.45, 7) is 16.4. The third-order valence-electron chi connectivity index (χ3n) is 11.9. The van der Waals surface area contributed by atoms with E-state index in [9.17, 15) is 6.63 Å². The van der Waals surface area contributed by atoms with Crippen molar-refractivity contribution in [1.29, 1.82) is 5.26 Å². The molecule has 43 heavy (non-hydrogen) atoms. The third-order valence-corrected chi connectivity index (χ3v) is 11.9. The van der Waals surface area contributed by atoms with Crippen LogP contribution in [0.4, 0.5) is 0 Å². The molecule has 5 aromatic rings. The second kappa shape index (κ2) is 9.30. The highest BCUT2D eigenvalue weighted by Crippen LogP contribution is 2.65. The van der Waals surface area contributed by atoms with Gasteiger partial charge in [0.2, 0.25) is 5.69 Å². The summed E-state index contributed by atoms with van der Waals surface area (Å²) in [7, 11) is 2.06. The lowest BCUT2D eigenvalue weighted by molar-refractivity contribution is -0.660. The van der Waals surface area contributed by atoms with E-state index >= 15 is 0 Å². The lowest BCUT2D eigenvalue weighted by Crippen LogP contribution is -2.42. The van der Waals surface area contributed by atoms with Crippen molar-refractivity contribution < 1.29 is 10.4 Å². The predicted octanol–water partition coefficient (Wildman–Crippen LogP) is 10.2. The Labute approximate surface area is 257 Å². The van der Waals surface area contributed by atoms with Gasteiger partial charge in [-0.3, -0.25) is 0 Å². The molecule has 0 radical (unpaired) electrons. The van der Waals surface area contributed by atoms with Crippen molar-refractivity contribution in [2.75, 3.05) is 0 Å². The number of pyridine rings is 1. The zero-order valence-corrected chi connectivity index (χ0v) is 26.9. The molecule has 218 valence electrons. The van der Waals surface area contributed by atoms with Gasteiger partial charge in [-0.15, -0.1) is 0 Å². The number of nitriles is 1. The Bertz CT molecular complexity index is 2050. The maximum atomic E-state index is 10.6. The van der Waals surface area contributed by atoms with Gasteiger partial charge in [0.1, 0.15) is 18.2 Å². The molecular formula is C40H43N2O+. The van der Waals surface area contributed by atoms with Crippen molar-refractivity contribution in [2.24, 2.45) is 12.5 Å². The molecule has 7 rings (SSSR count). The summed E-state index contributed by atoms with van der Waals surface area (Å²) in [5.41, 5.74) is 10.8. The molecule has 0 amide bonds. The number of hydrogen-bond donors (Lipinski definition) is 0. The number of furan rings is 1. The Hall–Kier alpha value is -3.90. The van der Waals surface area contributed by atoms with Crippen LogP contribution in [0.1, 0.15) is 102 Å². The van der Waals surface area contributed by atoms with Crippen molar-refractivity contribution in [1.82, 2.24) is 0 Å². The molecule has 2 aromatic heterocycles. The third kappa shape index (κ3) is 3.62. The highest BCUT2D eigenvalue weighted by Gasteiger charge is 2.59. The normalized spacial score (nSPS) is 19.8. The number of fused-ring (bicyclic) bond motifs is 4. The largest absolute Gasteiger partial charge is 0.454 e. The van der Waals surface area contributed by atoms with Crippen LogP contribution in [0.15, 0.2) is 65.2 Å². The fourth-order valence-electron chi connectivity index (χ4n) is 8.35. The molecule has 0 saturated heterocycles. The predicted molar refractivity (Wildman–Crippen MR) is 176 cm³/mol. The van der Waals surface area contributed by atoms with Crippen molar-refractivity contribution in [3.63, 3.8) is 0 Å². The summed E-state index contributed by atoms with van der Waals surface area (Å²) < 4.78 is 18.8. The first kappa shape index (κ1) is 26.7. The topological polar surface area (TPSA) is 40.8 Å². The van der Waals surface area contributed by atoms with Crippen LogP contribution in [0.3, 0.4) is 0 Å². The quantitative estimate of drug-likeness (QED) is 0.203. The van der Waals surface area contributed by atoms with E-state index in [0.717, 1.165) is 75.6 Å². The fraction of sp³-hybridized carbons (Fsp3) is 0.400. The summed E-state index contributed by atoms with van der Waals surface area (Å²) in [5, 5.41) is 12.6. The number of aromatic nitrogens is 1. The van der Waals surface area contributed by atoms with Gasteiger partial charge in [0.25, 0.3) is 0 Å². The summed E-state index contributed by atoms with van der Waals surface area (Å²) >= 11 is 0. The summed E-state index contributed by atoms with van der Waals surface area (Å²) in [6.07, 6.45) is 6.07. The summed E-state index contributed by atoms with van der Waals surface area (Å²) in [5.74, 6) is -0.572. The molecule has 3 nitrogen and oxygen atoms in total. The summed E-state index contributed by atoms with van der Waals surface area (Å²) in [4.78, 5) is 0. The number of rotatable bonds is 3. The van der Waals surface area contributed by atoms with E-state index in [1.54, 1.807) is 0 Å². The minimum absolute atomic E-state index is 0.0942. The molecule has 0 N–H and O–H groups in total. The van der Waals surface area contributed by atoms with Gasteiger partial charge in [-0.1, -0.05) is 78.6 Å². The van der Waals surface area contributed by atoms with Crippen LogP contribution in [0.2, 0.25) is 0 Å². The minimum atomic E-state index is -0.572. The molecule has 0 unspecified atom stereocenters. The van der Waals surface area contributed by atoms with Crippen LogP contribution < -0.4 is 4.57 Å². The number of nitrogens with zero attached hydrogens (tertiary/aromatic N) is 2. The van der Waals surface area contributed by atoms with E-state index in [1.165, 1.54) is 16.7 Å². The van der Waals surface area contributed by atoms with Crippen molar-refractivity contribution in [2.45, 2.75) is 90.9 Å². The molecule has 0 atom stereocenters. The molecule has 2 aliphatic rings. The molecule has 1 saturated carbocycles. The van der Waals surface area contributed by atoms with Gasteiger partial charge < -0.3 is 4.42 Å². The first-order chi connectivity index (χ1) is 20.8. The average Bonchev–Trinajstić information content (AvgIpc) is 3.62. The van der Waals surface area contributed by atoms with Gasteiger partial charge in [-0.25, -0.2) is 4.57 Å². The van der Waals surface area contributed by atoms with Gasteiger partial charge in [-0.05, 0) is 87.9 Å². The Morgan fingerprint density at radius 1 is 0.837 bits per heavy atom. The van der Waals surface area contributed by atoms with Gasteiger partial charge >= 0.3 is 0 Å². The molecule has 3 heteroatoms. The van der Waals surface area contributed by atoms with E-state index < -0.39 is 5.89 Å². The molecule has 0 spiro atoms. The maximum absolute atomic E-state index is 10.6. The number of benzene rings is 3. The zero-order valence-electron chi connectivity index (χ0n) is 27.9. The van der Waals surface area contributed by atoms with Crippen LogP contribution in [0.5, 0.6) is 0 Å². The second-order valence-corrected chi connectivity index (χ2v) is 14.5. The molecular weight excluding hydrogens is 524 g/mol. The molecule has 3 aromatic carbocycles.